The van der Waals surface area contributed by atoms with Gasteiger partial charge in [0.15, 0.2) is 6.10 Å². The maximum absolute atomic E-state index is 12.7. The summed E-state index contributed by atoms with van der Waals surface area (Å²) in [5.41, 5.74) is 0. The Morgan fingerprint density at radius 2 is 0.679 bits per heavy atom. The molecule has 0 aliphatic carbocycles. The van der Waals surface area contributed by atoms with Gasteiger partial charge in [-0.2, -0.15) is 0 Å². The van der Waals surface area contributed by atoms with Crippen LogP contribution in [0.3, 0.4) is 0 Å². The van der Waals surface area contributed by atoms with E-state index < -0.39 is 6.10 Å². The van der Waals surface area contributed by atoms with E-state index in [-0.39, 0.29) is 31.1 Å². The van der Waals surface area contributed by atoms with Crippen molar-refractivity contribution in [1.29, 1.82) is 0 Å². The van der Waals surface area contributed by atoms with Gasteiger partial charge in [-0.05, 0) is 103 Å². The molecule has 0 fully saturated rings. The molecule has 1 atom stereocenters. The summed E-state index contributed by atoms with van der Waals surface area (Å²) in [7, 11) is 0. The molecule has 0 bridgehead atoms. The average molecular weight is 737 g/mol. The van der Waals surface area contributed by atoms with Crippen molar-refractivity contribution in [2.45, 2.75) is 181 Å². The van der Waals surface area contributed by atoms with Crippen LogP contribution in [0.1, 0.15) is 175 Å². The largest absolute Gasteiger partial charge is 0.462 e. The van der Waals surface area contributed by atoms with E-state index in [1.807, 2.05) is 0 Å². The number of ether oxygens (including phenoxy) is 3. The van der Waals surface area contributed by atoms with Crippen LogP contribution in [0.15, 0.2) is 85.1 Å². The second kappa shape index (κ2) is 41.3. The molecule has 0 aromatic rings. The predicted molar refractivity (Wildman–Crippen MR) is 224 cm³/mol. The number of unbranched alkanes of at least 4 members (excludes halogenated alkanes) is 11. The zero-order chi connectivity index (χ0) is 38.7. The van der Waals surface area contributed by atoms with Gasteiger partial charge in [0, 0.05) is 19.3 Å². The normalized spacial score (nSPS) is 12.9. The first-order chi connectivity index (χ1) is 26.0. The zero-order valence-electron chi connectivity index (χ0n) is 34.0. The van der Waals surface area contributed by atoms with Crippen LogP contribution in [0, 0.1) is 0 Å². The molecule has 300 valence electrons. The first-order valence-electron chi connectivity index (χ1n) is 21.1. The highest BCUT2D eigenvalue weighted by Crippen LogP contribution is 2.12. The molecule has 6 heteroatoms. The van der Waals surface area contributed by atoms with E-state index in [4.69, 9.17) is 14.2 Å². The number of hydrogen-bond donors (Lipinski definition) is 0. The van der Waals surface area contributed by atoms with Gasteiger partial charge >= 0.3 is 17.9 Å². The lowest BCUT2D eigenvalue weighted by Crippen LogP contribution is -2.30. The number of hydrogen-bond acceptors (Lipinski definition) is 6. The third-order valence-electron chi connectivity index (χ3n) is 8.38. The van der Waals surface area contributed by atoms with Crippen molar-refractivity contribution >= 4 is 17.9 Å². The van der Waals surface area contributed by atoms with E-state index >= 15 is 0 Å². The fourth-order valence-electron chi connectivity index (χ4n) is 5.29. The van der Waals surface area contributed by atoms with E-state index in [0.29, 0.717) is 19.3 Å². The summed E-state index contributed by atoms with van der Waals surface area (Å²) >= 11 is 0. The lowest BCUT2D eigenvalue weighted by Gasteiger charge is -2.18. The molecule has 1 unspecified atom stereocenters. The van der Waals surface area contributed by atoms with Crippen LogP contribution in [0.25, 0.3) is 0 Å². The van der Waals surface area contributed by atoms with Crippen LogP contribution in [0.2, 0.25) is 0 Å². The molecule has 0 aliphatic rings. The Balaban J connectivity index is 4.47. The van der Waals surface area contributed by atoms with Crippen LogP contribution >= 0.6 is 0 Å². The minimum atomic E-state index is -0.803. The van der Waals surface area contributed by atoms with E-state index in [1.165, 1.54) is 0 Å². The summed E-state index contributed by atoms with van der Waals surface area (Å²) in [5, 5.41) is 0. The molecule has 0 saturated carbocycles. The highest BCUT2D eigenvalue weighted by Gasteiger charge is 2.19. The molecule has 0 aromatic carbocycles. The summed E-state index contributed by atoms with van der Waals surface area (Å²) in [6.45, 7) is 6.19. The highest BCUT2D eigenvalue weighted by atomic mass is 16.6. The second-order valence-electron chi connectivity index (χ2n) is 13.5. The van der Waals surface area contributed by atoms with Crippen LogP contribution in [0.5, 0.6) is 0 Å². The maximum Gasteiger partial charge on any atom is 0.306 e. The fraction of sp³-hybridized carbons (Fsp3) is 0.638. The first-order valence-corrected chi connectivity index (χ1v) is 21.1. The van der Waals surface area contributed by atoms with Crippen molar-refractivity contribution in [3.05, 3.63) is 85.1 Å². The summed E-state index contributed by atoms with van der Waals surface area (Å²) in [4.78, 5) is 37.6. The van der Waals surface area contributed by atoms with Gasteiger partial charge in [0.1, 0.15) is 13.2 Å². The number of esters is 3. The molecule has 0 aromatic heterocycles. The molecular weight excluding hydrogens is 661 g/mol. The van der Waals surface area contributed by atoms with Crippen LogP contribution < -0.4 is 0 Å². The van der Waals surface area contributed by atoms with Crippen molar-refractivity contribution in [3.63, 3.8) is 0 Å². The van der Waals surface area contributed by atoms with Gasteiger partial charge in [0.05, 0.1) is 0 Å². The Morgan fingerprint density at radius 1 is 0.377 bits per heavy atom. The summed E-state index contributed by atoms with van der Waals surface area (Å²) < 4.78 is 16.6. The lowest BCUT2D eigenvalue weighted by molar-refractivity contribution is -0.167. The summed E-state index contributed by atoms with van der Waals surface area (Å²) in [6.07, 6.45) is 51.5. The minimum Gasteiger partial charge on any atom is -0.462 e. The number of allylic oxidation sites excluding steroid dienone is 14. The molecule has 0 spiro atoms. The van der Waals surface area contributed by atoms with Gasteiger partial charge in [0.25, 0.3) is 0 Å². The summed E-state index contributed by atoms with van der Waals surface area (Å²) in [5.74, 6) is -0.992. The maximum atomic E-state index is 12.7. The molecule has 0 aliphatic heterocycles. The fourth-order valence-corrected chi connectivity index (χ4v) is 5.29. The molecule has 0 radical (unpaired) electrons. The standard InChI is InChI=1S/C47H76O6/c1-4-7-10-13-16-19-21-23-24-26-28-31-34-37-40-46(49)52-43-44(42-51-45(48)39-36-33-30-27-18-15-12-9-6-3)53-47(50)41-38-35-32-29-25-22-20-17-14-11-8-5-2/h7-12,16-20,23-24,27,44H,4-6,13-15,21-22,25-26,28-43H2,1-3H3/b10-7-,11-8-,12-9-,19-16-,20-17-,24-23-,27-18-. The van der Waals surface area contributed by atoms with Gasteiger partial charge in [-0.25, -0.2) is 0 Å². The number of rotatable bonds is 36. The number of carbonyl (C=O) groups excluding carboxylic acids is 3. The van der Waals surface area contributed by atoms with Gasteiger partial charge in [-0.1, -0.05) is 138 Å². The second-order valence-corrected chi connectivity index (χ2v) is 13.5. The topological polar surface area (TPSA) is 78.9 Å². The Bertz CT molecular complexity index is 1080. The zero-order valence-corrected chi connectivity index (χ0v) is 34.0. The van der Waals surface area contributed by atoms with Gasteiger partial charge in [0.2, 0.25) is 0 Å². The first kappa shape index (κ1) is 49.6. The van der Waals surface area contributed by atoms with Crippen molar-refractivity contribution in [1.82, 2.24) is 0 Å². The lowest BCUT2D eigenvalue weighted by atomic mass is 10.1. The van der Waals surface area contributed by atoms with Crippen LogP contribution in [-0.4, -0.2) is 37.2 Å². The molecule has 0 saturated heterocycles. The Morgan fingerprint density at radius 3 is 1.09 bits per heavy atom. The summed E-state index contributed by atoms with van der Waals surface area (Å²) in [6, 6.07) is 0. The third-order valence-corrected chi connectivity index (χ3v) is 8.38. The van der Waals surface area contributed by atoms with Gasteiger partial charge < -0.3 is 14.2 Å². The predicted octanol–water partition coefficient (Wildman–Crippen LogP) is 13.3. The monoisotopic (exact) mass is 737 g/mol. The van der Waals surface area contributed by atoms with E-state index in [9.17, 15) is 14.4 Å². The molecule has 0 amide bonds. The van der Waals surface area contributed by atoms with Gasteiger partial charge in [-0.15, -0.1) is 0 Å². The molecule has 0 heterocycles. The average Bonchev–Trinajstić information content (AvgIpc) is 3.15. The molecular formula is C47H76O6. The van der Waals surface area contributed by atoms with Crippen molar-refractivity contribution < 1.29 is 28.6 Å². The molecule has 0 rings (SSSR count). The Kier molecular flexibility index (Phi) is 38.7. The third kappa shape index (κ3) is 39.6. The van der Waals surface area contributed by atoms with Crippen molar-refractivity contribution in [2.24, 2.45) is 0 Å². The quantitative estimate of drug-likeness (QED) is 0.0276. The number of carbonyl (C=O) groups is 3. The van der Waals surface area contributed by atoms with Crippen molar-refractivity contribution in [3.8, 4) is 0 Å². The smallest absolute Gasteiger partial charge is 0.306 e. The van der Waals surface area contributed by atoms with E-state index in [1.54, 1.807) is 0 Å². The molecule has 0 N–H and O–H groups in total. The highest BCUT2D eigenvalue weighted by molar-refractivity contribution is 5.71. The Labute approximate surface area is 325 Å². The van der Waals surface area contributed by atoms with Crippen LogP contribution in [0.4, 0.5) is 0 Å². The van der Waals surface area contributed by atoms with E-state index in [0.717, 1.165) is 135 Å². The minimum absolute atomic E-state index is 0.106. The van der Waals surface area contributed by atoms with Gasteiger partial charge in [-0.3, -0.25) is 14.4 Å². The van der Waals surface area contributed by atoms with E-state index in [2.05, 4.69) is 106 Å². The SMILES string of the molecule is CC/C=C\C/C=C\C/C=C\CCCCCCC(=O)OCC(COC(=O)CCCC/C=C\C/C=C\CC)OC(=O)CCCCCCC/C=C\C/C=C\CC. The molecule has 6 nitrogen and oxygen atoms in total. The Hall–Kier alpha value is -3.41. The molecule has 53 heavy (non-hydrogen) atoms. The van der Waals surface area contributed by atoms with Crippen molar-refractivity contribution in [2.75, 3.05) is 13.2 Å². The van der Waals surface area contributed by atoms with Crippen LogP contribution in [-0.2, 0) is 28.6 Å².